The fourth-order valence-corrected chi connectivity index (χ4v) is 4.36. The van der Waals surface area contributed by atoms with Crippen molar-refractivity contribution >= 4 is 45.2 Å². The molecular weight excluding hydrogens is 436 g/mol. The van der Waals surface area contributed by atoms with Gasteiger partial charge >= 0.3 is 0 Å². The van der Waals surface area contributed by atoms with Gasteiger partial charge in [-0.2, -0.15) is 0 Å². The molecular formula is C22H15ClN4O3S. The third kappa shape index (κ3) is 3.87. The van der Waals surface area contributed by atoms with Crippen molar-refractivity contribution in [1.29, 1.82) is 0 Å². The summed E-state index contributed by atoms with van der Waals surface area (Å²) in [5.41, 5.74) is 0.755. The van der Waals surface area contributed by atoms with Crippen LogP contribution in [0.3, 0.4) is 0 Å². The Labute approximate surface area is 184 Å². The molecule has 0 aliphatic heterocycles. The van der Waals surface area contributed by atoms with Crippen molar-refractivity contribution in [2.24, 2.45) is 0 Å². The van der Waals surface area contributed by atoms with Crippen molar-refractivity contribution in [3.63, 3.8) is 0 Å². The summed E-state index contributed by atoms with van der Waals surface area (Å²) in [7, 11) is 0. The van der Waals surface area contributed by atoms with Crippen LogP contribution in [0.2, 0.25) is 5.02 Å². The van der Waals surface area contributed by atoms with Gasteiger partial charge in [0.25, 0.3) is 11.1 Å². The summed E-state index contributed by atoms with van der Waals surface area (Å²) in [6, 6.07) is 15.8. The van der Waals surface area contributed by atoms with E-state index in [1.54, 1.807) is 47.2 Å². The Balaban J connectivity index is 1.54. The molecule has 3 heterocycles. The number of aromatic nitrogens is 4. The van der Waals surface area contributed by atoms with Gasteiger partial charge < -0.3 is 9.40 Å². The quantitative estimate of drug-likeness (QED) is 0.318. The summed E-state index contributed by atoms with van der Waals surface area (Å²) in [6.07, 6.45) is 1.57. The number of hydrogen-bond donors (Lipinski definition) is 1. The Bertz CT molecular complexity index is 1530. The van der Waals surface area contributed by atoms with E-state index in [9.17, 15) is 9.59 Å². The highest BCUT2D eigenvalue weighted by Gasteiger charge is 2.14. The van der Waals surface area contributed by atoms with Crippen LogP contribution < -0.4 is 11.1 Å². The predicted molar refractivity (Wildman–Crippen MR) is 121 cm³/mol. The molecule has 0 radical (unpaired) electrons. The Morgan fingerprint density at radius 3 is 2.68 bits per heavy atom. The fourth-order valence-electron chi connectivity index (χ4n) is 3.32. The molecule has 0 atom stereocenters. The number of nitrogens with one attached hydrogen (secondary N) is 1. The van der Waals surface area contributed by atoms with E-state index in [1.165, 1.54) is 11.8 Å². The predicted octanol–water partition coefficient (Wildman–Crippen LogP) is 4.22. The number of H-pyrrole nitrogens is 1. The second-order valence-electron chi connectivity index (χ2n) is 6.84. The van der Waals surface area contributed by atoms with Gasteiger partial charge in [-0.25, -0.2) is 9.97 Å². The molecule has 0 spiro atoms. The molecule has 7 nitrogen and oxygen atoms in total. The van der Waals surface area contributed by atoms with Crippen LogP contribution >= 0.6 is 23.4 Å². The summed E-state index contributed by atoms with van der Waals surface area (Å²) >= 11 is 7.30. The topological polar surface area (TPSA) is 93.8 Å². The lowest BCUT2D eigenvalue weighted by molar-refractivity contribution is 0.476. The number of hydrogen-bond acceptors (Lipinski definition) is 6. The van der Waals surface area contributed by atoms with Crippen LogP contribution in [0.1, 0.15) is 11.6 Å². The Morgan fingerprint density at radius 1 is 1.00 bits per heavy atom. The number of fused-ring (bicyclic) bond motifs is 2. The van der Waals surface area contributed by atoms with Crippen molar-refractivity contribution < 1.29 is 4.42 Å². The average Bonchev–Trinajstić information content (AvgIpc) is 3.28. The minimum atomic E-state index is -0.262. The highest BCUT2D eigenvalue weighted by Crippen LogP contribution is 2.22. The number of aromatic amines is 1. The number of para-hydroxylation sites is 1. The van der Waals surface area contributed by atoms with Crippen molar-refractivity contribution in [3.05, 3.63) is 98.2 Å². The van der Waals surface area contributed by atoms with Gasteiger partial charge in [-0.05, 0) is 42.5 Å². The molecule has 2 aromatic carbocycles. The molecule has 0 aliphatic rings. The standard InChI is InChI=1S/C22H15ClN4O3S/c23-13-7-8-18-16(10-13)20(28)26-19(24-18)12-31-22-25-17-6-2-1-5-15(17)21(29)27(22)11-14-4-3-9-30-14/h1-10H,11-12H2,(H,24,26,28). The van der Waals surface area contributed by atoms with E-state index in [4.69, 9.17) is 16.0 Å². The molecule has 154 valence electrons. The molecule has 5 aromatic rings. The van der Waals surface area contributed by atoms with Crippen LogP contribution in [0, 0.1) is 0 Å². The second kappa shape index (κ2) is 8.05. The highest BCUT2D eigenvalue weighted by atomic mass is 35.5. The molecule has 0 unspecified atom stereocenters. The Morgan fingerprint density at radius 2 is 1.84 bits per heavy atom. The van der Waals surface area contributed by atoms with Gasteiger partial charge in [-0.3, -0.25) is 14.2 Å². The van der Waals surface area contributed by atoms with Gasteiger partial charge in [0.05, 0.1) is 40.4 Å². The van der Waals surface area contributed by atoms with Crippen LogP contribution in [0.4, 0.5) is 0 Å². The lowest BCUT2D eigenvalue weighted by Crippen LogP contribution is -2.24. The first kappa shape index (κ1) is 19.6. The molecule has 0 saturated carbocycles. The molecule has 0 aliphatic carbocycles. The highest BCUT2D eigenvalue weighted by molar-refractivity contribution is 7.98. The minimum Gasteiger partial charge on any atom is -0.467 e. The van der Waals surface area contributed by atoms with Crippen LogP contribution in [0.25, 0.3) is 21.8 Å². The molecule has 1 N–H and O–H groups in total. The van der Waals surface area contributed by atoms with E-state index in [1.807, 2.05) is 18.2 Å². The number of benzene rings is 2. The summed E-state index contributed by atoms with van der Waals surface area (Å²) in [5.74, 6) is 1.46. The monoisotopic (exact) mass is 450 g/mol. The number of thioether (sulfide) groups is 1. The second-order valence-corrected chi connectivity index (χ2v) is 8.22. The number of rotatable bonds is 5. The van der Waals surface area contributed by atoms with Crippen LogP contribution in [0.15, 0.2) is 80.0 Å². The first-order valence-electron chi connectivity index (χ1n) is 9.42. The number of halogens is 1. The molecule has 9 heteroatoms. The first-order chi connectivity index (χ1) is 15.1. The maximum atomic E-state index is 13.1. The summed E-state index contributed by atoms with van der Waals surface area (Å²) < 4.78 is 7.00. The van der Waals surface area contributed by atoms with Crippen molar-refractivity contribution in [1.82, 2.24) is 19.5 Å². The van der Waals surface area contributed by atoms with Crippen molar-refractivity contribution in [3.8, 4) is 0 Å². The summed E-state index contributed by atoms with van der Waals surface area (Å²) in [6.45, 7) is 0.256. The largest absolute Gasteiger partial charge is 0.467 e. The minimum absolute atomic E-state index is 0.154. The van der Waals surface area contributed by atoms with Gasteiger partial charge in [0, 0.05) is 5.02 Å². The van der Waals surface area contributed by atoms with Crippen LogP contribution in [0.5, 0.6) is 0 Å². The summed E-state index contributed by atoms with van der Waals surface area (Å²) in [5, 5.41) is 1.95. The zero-order valence-electron chi connectivity index (χ0n) is 16.0. The van der Waals surface area contributed by atoms with Crippen LogP contribution in [-0.2, 0) is 12.3 Å². The maximum absolute atomic E-state index is 13.1. The molecule has 3 aromatic heterocycles. The van der Waals surface area contributed by atoms with Crippen molar-refractivity contribution in [2.45, 2.75) is 17.5 Å². The zero-order valence-corrected chi connectivity index (χ0v) is 17.6. The molecule has 0 amide bonds. The Kier molecular flexibility index (Phi) is 5.09. The number of furan rings is 1. The third-order valence-electron chi connectivity index (χ3n) is 4.78. The van der Waals surface area contributed by atoms with Gasteiger partial charge in [0.1, 0.15) is 11.6 Å². The lowest BCUT2D eigenvalue weighted by Gasteiger charge is -2.12. The van der Waals surface area contributed by atoms with E-state index >= 15 is 0 Å². The molecule has 0 bridgehead atoms. The zero-order chi connectivity index (χ0) is 21.4. The van der Waals surface area contributed by atoms with E-state index in [0.717, 1.165) is 0 Å². The lowest BCUT2D eigenvalue weighted by atomic mass is 10.2. The average molecular weight is 451 g/mol. The first-order valence-corrected chi connectivity index (χ1v) is 10.8. The van der Waals surface area contributed by atoms with E-state index in [-0.39, 0.29) is 17.7 Å². The SMILES string of the molecule is O=c1[nH]c(CSc2nc3ccccc3c(=O)n2Cc2ccco2)nc2ccc(Cl)cc12. The van der Waals surface area contributed by atoms with Crippen molar-refractivity contribution in [2.75, 3.05) is 0 Å². The number of nitrogens with zero attached hydrogens (tertiary/aromatic N) is 3. The smallest absolute Gasteiger partial charge is 0.262 e. The maximum Gasteiger partial charge on any atom is 0.262 e. The van der Waals surface area contributed by atoms with E-state index in [0.29, 0.717) is 49.3 Å². The normalized spacial score (nSPS) is 11.4. The van der Waals surface area contributed by atoms with Gasteiger partial charge in [0.15, 0.2) is 5.16 Å². The summed E-state index contributed by atoms with van der Waals surface area (Å²) in [4.78, 5) is 37.5. The van der Waals surface area contributed by atoms with Gasteiger partial charge in [-0.15, -0.1) is 0 Å². The molecule has 5 rings (SSSR count). The third-order valence-corrected chi connectivity index (χ3v) is 6.00. The van der Waals surface area contributed by atoms with E-state index in [2.05, 4.69) is 15.0 Å². The van der Waals surface area contributed by atoms with Crippen LogP contribution in [-0.4, -0.2) is 19.5 Å². The van der Waals surface area contributed by atoms with Gasteiger partial charge in [0.2, 0.25) is 0 Å². The molecule has 0 fully saturated rings. The molecule has 0 saturated heterocycles. The van der Waals surface area contributed by atoms with Gasteiger partial charge in [-0.1, -0.05) is 35.5 Å². The van der Waals surface area contributed by atoms with E-state index < -0.39 is 0 Å². The Hall–Kier alpha value is -3.36. The fraction of sp³-hybridized carbons (Fsp3) is 0.0909. The molecule has 31 heavy (non-hydrogen) atoms.